The number of amides is 3. The van der Waals surface area contributed by atoms with Crippen molar-refractivity contribution in [1.29, 1.82) is 0 Å². The van der Waals surface area contributed by atoms with Crippen LogP contribution in [0.5, 0.6) is 0 Å². The molecule has 28 heavy (non-hydrogen) atoms. The van der Waals surface area contributed by atoms with Crippen molar-refractivity contribution in [3.05, 3.63) is 35.4 Å². The molecular weight excluding hydrogens is 380 g/mol. The lowest BCUT2D eigenvalue weighted by atomic mass is 10.1. The highest BCUT2D eigenvalue weighted by molar-refractivity contribution is 7.90. The van der Waals surface area contributed by atoms with Crippen LogP contribution in [-0.4, -0.2) is 55.1 Å². The van der Waals surface area contributed by atoms with Gasteiger partial charge in [0.2, 0.25) is 5.91 Å². The molecular formula is C20H26N2O5S. The first-order valence-electron chi connectivity index (χ1n) is 9.73. The van der Waals surface area contributed by atoms with Crippen molar-refractivity contribution in [2.45, 2.75) is 57.0 Å². The van der Waals surface area contributed by atoms with Gasteiger partial charge in [-0.1, -0.05) is 37.8 Å². The largest absolute Gasteiger partial charge is 0.352 e. The zero-order chi connectivity index (χ0) is 20.3. The third-order valence-corrected chi connectivity index (χ3v) is 6.38. The van der Waals surface area contributed by atoms with E-state index in [1.165, 1.54) is 0 Å². The van der Waals surface area contributed by atoms with E-state index in [1.807, 2.05) is 0 Å². The van der Waals surface area contributed by atoms with E-state index in [0.29, 0.717) is 0 Å². The zero-order valence-electron chi connectivity index (χ0n) is 16.0. The Labute approximate surface area is 165 Å². The van der Waals surface area contributed by atoms with Crippen molar-refractivity contribution in [1.82, 2.24) is 10.2 Å². The van der Waals surface area contributed by atoms with Crippen LogP contribution in [-0.2, 0) is 14.6 Å². The number of hydrogen-bond acceptors (Lipinski definition) is 5. The van der Waals surface area contributed by atoms with Gasteiger partial charge < -0.3 is 5.32 Å². The van der Waals surface area contributed by atoms with E-state index in [4.69, 9.17) is 0 Å². The minimum Gasteiger partial charge on any atom is -0.352 e. The average molecular weight is 407 g/mol. The van der Waals surface area contributed by atoms with Crippen LogP contribution in [0.2, 0.25) is 0 Å². The van der Waals surface area contributed by atoms with Gasteiger partial charge in [-0.2, -0.15) is 0 Å². The number of benzene rings is 1. The van der Waals surface area contributed by atoms with E-state index >= 15 is 0 Å². The number of nitrogens with zero attached hydrogens (tertiary/aromatic N) is 1. The molecule has 1 N–H and O–H groups in total. The molecule has 152 valence electrons. The van der Waals surface area contributed by atoms with Gasteiger partial charge in [0.15, 0.2) is 0 Å². The molecule has 0 aromatic heterocycles. The molecule has 7 nitrogen and oxygen atoms in total. The summed E-state index contributed by atoms with van der Waals surface area (Å²) in [5.41, 5.74) is 0.498. The first-order chi connectivity index (χ1) is 13.3. The monoisotopic (exact) mass is 406 g/mol. The van der Waals surface area contributed by atoms with Crippen molar-refractivity contribution in [2.24, 2.45) is 0 Å². The lowest BCUT2D eigenvalue weighted by Gasteiger charge is -2.27. The van der Waals surface area contributed by atoms with E-state index < -0.39 is 33.6 Å². The molecule has 0 saturated heterocycles. The van der Waals surface area contributed by atoms with Crippen LogP contribution in [0.4, 0.5) is 0 Å². The molecule has 0 radical (unpaired) electrons. The molecule has 1 heterocycles. The Bertz CT molecular complexity index is 837. The summed E-state index contributed by atoms with van der Waals surface area (Å²) in [6.07, 6.45) is 6.97. The molecule has 1 atom stereocenters. The molecule has 0 bridgehead atoms. The van der Waals surface area contributed by atoms with Gasteiger partial charge in [-0.05, 0) is 31.4 Å². The zero-order valence-corrected chi connectivity index (χ0v) is 16.8. The third-order valence-electron chi connectivity index (χ3n) is 5.40. The van der Waals surface area contributed by atoms with Gasteiger partial charge in [-0.15, -0.1) is 0 Å². The Morgan fingerprint density at radius 3 is 2.11 bits per heavy atom. The quantitative estimate of drug-likeness (QED) is 0.575. The van der Waals surface area contributed by atoms with Crippen molar-refractivity contribution in [2.75, 3.05) is 12.0 Å². The topological polar surface area (TPSA) is 101 Å². The van der Waals surface area contributed by atoms with E-state index in [0.717, 1.165) is 49.7 Å². The maximum absolute atomic E-state index is 13.0. The van der Waals surface area contributed by atoms with E-state index in [1.54, 1.807) is 24.3 Å². The van der Waals surface area contributed by atoms with Gasteiger partial charge in [0, 0.05) is 12.3 Å². The van der Waals surface area contributed by atoms with Gasteiger partial charge in [0.05, 0.1) is 16.9 Å². The smallest absolute Gasteiger partial charge is 0.262 e. The fourth-order valence-corrected chi connectivity index (χ4v) is 4.57. The van der Waals surface area contributed by atoms with E-state index in [2.05, 4.69) is 5.32 Å². The fraction of sp³-hybridized carbons (Fsp3) is 0.550. The Hall–Kier alpha value is -2.22. The van der Waals surface area contributed by atoms with Gasteiger partial charge in [0.1, 0.15) is 15.9 Å². The van der Waals surface area contributed by atoms with Crippen molar-refractivity contribution >= 4 is 27.6 Å². The summed E-state index contributed by atoms with van der Waals surface area (Å²) in [6, 6.07) is 5.27. The van der Waals surface area contributed by atoms with Gasteiger partial charge >= 0.3 is 0 Å². The second-order valence-corrected chi connectivity index (χ2v) is 9.92. The molecule has 2 aliphatic rings. The normalized spacial score (nSPS) is 19.2. The highest BCUT2D eigenvalue weighted by Gasteiger charge is 2.43. The summed E-state index contributed by atoms with van der Waals surface area (Å²) in [6.45, 7) is 0. The molecule has 1 aliphatic heterocycles. The number of nitrogens with one attached hydrogen (secondary N) is 1. The number of carbonyl (C=O) groups excluding carboxylic acids is 3. The van der Waals surface area contributed by atoms with Crippen LogP contribution in [0, 0.1) is 0 Å². The number of carbonyl (C=O) groups is 3. The summed E-state index contributed by atoms with van der Waals surface area (Å²) < 4.78 is 23.3. The highest BCUT2D eigenvalue weighted by Crippen LogP contribution is 2.26. The number of hydrogen-bond donors (Lipinski definition) is 1. The number of imide groups is 1. The minimum atomic E-state index is -3.35. The predicted octanol–water partition coefficient (Wildman–Crippen LogP) is 1.92. The third kappa shape index (κ3) is 4.60. The molecule has 1 fully saturated rings. The molecule has 1 aromatic rings. The Balaban J connectivity index is 1.83. The predicted molar refractivity (Wildman–Crippen MR) is 105 cm³/mol. The number of sulfone groups is 1. The Morgan fingerprint density at radius 1 is 1.07 bits per heavy atom. The van der Waals surface area contributed by atoms with Gasteiger partial charge in [-0.25, -0.2) is 8.42 Å². The first-order valence-corrected chi connectivity index (χ1v) is 11.8. The van der Waals surface area contributed by atoms with Crippen molar-refractivity contribution < 1.29 is 22.8 Å². The summed E-state index contributed by atoms with van der Waals surface area (Å²) in [5.74, 6) is -1.82. The summed E-state index contributed by atoms with van der Waals surface area (Å²) in [7, 11) is -3.35. The van der Waals surface area contributed by atoms with Crippen molar-refractivity contribution in [3.63, 3.8) is 0 Å². The maximum atomic E-state index is 13.0. The van der Waals surface area contributed by atoms with Gasteiger partial charge in [0.25, 0.3) is 11.8 Å². The van der Waals surface area contributed by atoms with E-state index in [9.17, 15) is 22.8 Å². The average Bonchev–Trinajstić information content (AvgIpc) is 2.82. The van der Waals surface area contributed by atoms with Gasteiger partial charge in [-0.3, -0.25) is 19.3 Å². The van der Waals surface area contributed by atoms with E-state index in [-0.39, 0.29) is 29.3 Å². The first kappa shape index (κ1) is 20.5. The van der Waals surface area contributed by atoms with Crippen LogP contribution in [0.3, 0.4) is 0 Å². The fourth-order valence-electron chi connectivity index (χ4n) is 3.92. The number of rotatable bonds is 6. The molecule has 0 spiro atoms. The van der Waals surface area contributed by atoms with Crippen LogP contribution in [0.1, 0.15) is 65.7 Å². The Kier molecular flexibility index (Phi) is 6.17. The van der Waals surface area contributed by atoms with Crippen LogP contribution < -0.4 is 5.32 Å². The lowest BCUT2D eigenvalue weighted by Crippen LogP contribution is -2.52. The molecule has 1 aromatic carbocycles. The molecule has 8 heteroatoms. The number of fused-ring (bicyclic) bond motifs is 1. The molecule has 1 aliphatic carbocycles. The van der Waals surface area contributed by atoms with Crippen molar-refractivity contribution in [3.8, 4) is 0 Å². The SMILES string of the molecule is CS(=O)(=O)CC[C@H](C(=O)NC1CCCCCC1)N1C(=O)c2ccccc2C1=O. The molecule has 3 amide bonds. The highest BCUT2D eigenvalue weighted by atomic mass is 32.2. The summed E-state index contributed by atoms with van der Waals surface area (Å²) in [4.78, 5) is 39.6. The van der Waals surface area contributed by atoms with Crippen LogP contribution in [0.15, 0.2) is 24.3 Å². The second-order valence-electron chi connectivity index (χ2n) is 7.66. The summed E-state index contributed by atoms with van der Waals surface area (Å²) >= 11 is 0. The standard InChI is InChI=1S/C20H26N2O5S/c1-28(26,27)13-12-17(18(23)21-14-8-4-2-3-5-9-14)22-19(24)15-10-6-7-11-16(15)20(22)25/h6-7,10-11,14,17H,2-5,8-9,12-13H2,1H3,(H,21,23)/t17-/m1/s1. The molecule has 3 rings (SSSR count). The van der Waals surface area contributed by atoms with Crippen LogP contribution >= 0.6 is 0 Å². The summed E-state index contributed by atoms with van der Waals surface area (Å²) in [5, 5.41) is 2.96. The second kappa shape index (κ2) is 8.43. The van der Waals surface area contributed by atoms with Crippen LogP contribution in [0.25, 0.3) is 0 Å². The maximum Gasteiger partial charge on any atom is 0.262 e. The minimum absolute atomic E-state index is 0.00841. The molecule has 0 unspecified atom stereocenters. The Morgan fingerprint density at radius 2 is 1.61 bits per heavy atom. The molecule has 1 saturated carbocycles. The lowest BCUT2D eigenvalue weighted by molar-refractivity contribution is -0.125.